The van der Waals surface area contributed by atoms with Crippen LogP contribution in [0.3, 0.4) is 0 Å². The fraction of sp³-hybridized carbons (Fsp3) is 0.800. The van der Waals surface area contributed by atoms with E-state index in [9.17, 15) is 0 Å². The molecule has 0 aliphatic carbocycles. The molecule has 1 heterocycles. The normalized spacial score (nSPS) is 14.2. The number of aryl methyl sites for hydroxylation is 1. The Morgan fingerprint density at radius 1 is 1.40 bits per heavy atom. The summed E-state index contributed by atoms with van der Waals surface area (Å²) in [5, 5.41) is 11.7. The first-order valence-electron chi connectivity index (χ1n) is 5.03. The average Bonchev–Trinajstić information content (AvgIpc) is 2.50. The van der Waals surface area contributed by atoms with E-state index in [0.717, 1.165) is 5.75 Å². The van der Waals surface area contributed by atoms with Gasteiger partial charge in [0.15, 0.2) is 0 Å². The third kappa shape index (κ3) is 3.83. The van der Waals surface area contributed by atoms with Crippen molar-refractivity contribution in [2.75, 3.05) is 12.8 Å². The second kappa shape index (κ2) is 4.99. The van der Waals surface area contributed by atoms with Crippen LogP contribution in [0.25, 0.3) is 0 Å². The van der Waals surface area contributed by atoms with Gasteiger partial charge < -0.3 is 9.73 Å². The Morgan fingerprint density at radius 3 is 2.47 bits per heavy atom. The molecule has 1 atom stereocenters. The number of nitrogens with one attached hydrogen (secondary N) is 1. The minimum atomic E-state index is 0.233. The molecule has 0 amide bonds. The Labute approximate surface area is 95.2 Å². The van der Waals surface area contributed by atoms with Crippen molar-refractivity contribution in [3.8, 4) is 0 Å². The highest BCUT2D eigenvalue weighted by Gasteiger charge is 2.23. The Balaban J connectivity index is 2.48. The van der Waals surface area contributed by atoms with Crippen molar-refractivity contribution in [3.63, 3.8) is 0 Å². The van der Waals surface area contributed by atoms with Crippen LogP contribution in [-0.2, 0) is 0 Å². The van der Waals surface area contributed by atoms with E-state index >= 15 is 0 Å². The zero-order valence-electron chi connectivity index (χ0n) is 10.00. The first-order chi connectivity index (χ1) is 6.93. The molecule has 1 unspecified atom stereocenters. The van der Waals surface area contributed by atoms with Gasteiger partial charge in [0.25, 0.3) is 5.22 Å². The van der Waals surface area contributed by atoms with E-state index in [1.807, 2.05) is 7.05 Å². The highest BCUT2D eigenvalue weighted by molar-refractivity contribution is 7.99. The van der Waals surface area contributed by atoms with Crippen molar-refractivity contribution >= 4 is 11.8 Å². The molecule has 86 valence electrons. The van der Waals surface area contributed by atoms with Gasteiger partial charge in [-0.3, -0.25) is 0 Å². The number of thioether (sulfide) groups is 1. The second-order valence-corrected chi connectivity index (χ2v) is 5.58. The van der Waals surface area contributed by atoms with E-state index in [-0.39, 0.29) is 5.41 Å². The minimum Gasteiger partial charge on any atom is -0.416 e. The Morgan fingerprint density at radius 2 is 2.07 bits per heavy atom. The average molecular weight is 229 g/mol. The topological polar surface area (TPSA) is 51.0 Å². The second-order valence-electron chi connectivity index (χ2n) is 4.61. The van der Waals surface area contributed by atoms with Crippen LogP contribution in [0.2, 0.25) is 0 Å². The van der Waals surface area contributed by atoms with Crippen molar-refractivity contribution in [3.05, 3.63) is 5.89 Å². The van der Waals surface area contributed by atoms with E-state index in [1.165, 1.54) is 0 Å². The molecule has 0 aliphatic heterocycles. The van der Waals surface area contributed by atoms with Gasteiger partial charge in [-0.25, -0.2) is 0 Å². The van der Waals surface area contributed by atoms with Crippen LogP contribution in [0.15, 0.2) is 9.64 Å². The summed E-state index contributed by atoms with van der Waals surface area (Å²) in [6.45, 7) is 8.45. The molecular formula is C10H19N3OS. The summed E-state index contributed by atoms with van der Waals surface area (Å²) in [7, 11) is 1.98. The van der Waals surface area contributed by atoms with Gasteiger partial charge in [0.05, 0.1) is 0 Å². The maximum Gasteiger partial charge on any atom is 0.276 e. The number of nitrogens with zero attached hydrogens (tertiary/aromatic N) is 2. The summed E-state index contributed by atoms with van der Waals surface area (Å²) in [6, 6.07) is 0.426. The third-order valence-electron chi connectivity index (χ3n) is 2.27. The quantitative estimate of drug-likeness (QED) is 0.801. The fourth-order valence-electron chi connectivity index (χ4n) is 1.26. The highest BCUT2D eigenvalue weighted by Crippen LogP contribution is 2.25. The Bertz CT molecular complexity index is 306. The summed E-state index contributed by atoms with van der Waals surface area (Å²) in [5.41, 5.74) is 0.233. The van der Waals surface area contributed by atoms with Crippen LogP contribution >= 0.6 is 11.8 Å². The maximum atomic E-state index is 5.30. The Hall–Kier alpha value is -0.550. The lowest BCUT2D eigenvalue weighted by atomic mass is 9.88. The predicted octanol–water partition coefficient (Wildman–Crippen LogP) is 2.10. The molecule has 0 aromatic carbocycles. The summed E-state index contributed by atoms with van der Waals surface area (Å²) in [6.07, 6.45) is 0. The zero-order chi connectivity index (χ0) is 11.5. The molecule has 0 fully saturated rings. The van der Waals surface area contributed by atoms with Crippen molar-refractivity contribution in [2.45, 2.75) is 39.0 Å². The van der Waals surface area contributed by atoms with Gasteiger partial charge >= 0.3 is 0 Å². The summed E-state index contributed by atoms with van der Waals surface area (Å²) >= 11 is 1.60. The molecule has 1 aromatic heterocycles. The number of rotatable bonds is 4. The molecule has 0 radical (unpaired) electrons. The van der Waals surface area contributed by atoms with Gasteiger partial charge in [-0.05, 0) is 12.5 Å². The SMILES string of the molecule is CNC(CSc1nnc(C)o1)C(C)(C)C. The third-order valence-corrected chi connectivity index (χ3v) is 3.19. The van der Waals surface area contributed by atoms with E-state index in [1.54, 1.807) is 18.7 Å². The van der Waals surface area contributed by atoms with E-state index < -0.39 is 0 Å². The molecule has 0 aliphatic rings. The zero-order valence-corrected chi connectivity index (χ0v) is 10.8. The number of aromatic nitrogens is 2. The van der Waals surface area contributed by atoms with Crippen LogP contribution in [0, 0.1) is 12.3 Å². The monoisotopic (exact) mass is 229 g/mol. The molecule has 1 rings (SSSR count). The lowest BCUT2D eigenvalue weighted by Crippen LogP contribution is -2.40. The molecule has 5 heteroatoms. The van der Waals surface area contributed by atoms with Crippen LogP contribution < -0.4 is 5.32 Å². The smallest absolute Gasteiger partial charge is 0.276 e. The van der Waals surface area contributed by atoms with E-state index in [4.69, 9.17) is 4.42 Å². The Kier molecular flexibility index (Phi) is 4.16. The summed E-state index contributed by atoms with van der Waals surface area (Å²) < 4.78 is 5.30. The maximum absolute atomic E-state index is 5.30. The van der Waals surface area contributed by atoms with Gasteiger partial charge in [0.2, 0.25) is 5.89 Å². The van der Waals surface area contributed by atoms with Gasteiger partial charge in [0, 0.05) is 18.7 Å². The van der Waals surface area contributed by atoms with Crippen LogP contribution in [0.1, 0.15) is 26.7 Å². The first-order valence-corrected chi connectivity index (χ1v) is 6.02. The van der Waals surface area contributed by atoms with E-state index in [0.29, 0.717) is 17.2 Å². The molecule has 0 saturated heterocycles. The first kappa shape index (κ1) is 12.5. The molecule has 1 aromatic rings. The minimum absolute atomic E-state index is 0.233. The van der Waals surface area contributed by atoms with Gasteiger partial charge in [0.1, 0.15) is 0 Å². The van der Waals surface area contributed by atoms with Crippen molar-refractivity contribution in [1.29, 1.82) is 0 Å². The predicted molar refractivity (Wildman–Crippen MR) is 62.1 cm³/mol. The lowest BCUT2D eigenvalue weighted by molar-refractivity contribution is 0.305. The number of hydrogen-bond acceptors (Lipinski definition) is 5. The molecule has 4 nitrogen and oxygen atoms in total. The molecule has 0 spiro atoms. The standard InChI is InChI=1S/C10H19N3OS/c1-7-12-13-9(14-7)15-6-8(11-5)10(2,3)4/h8,11H,6H2,1-5H3. The molecule has 0 bridgehead atoms. The molecule has 1 N–H and O–H groups in total. The van der Waals surface area contributed by atoms with Gasteiger partial charge in [-0.2, -0.15) is 0 Å². The van der Waals surface area contributed by atoms with Crippen LogP contribution in [0.5, 0.6) is 0 Å². The molecule has 0 saturated carbocycles. The van der Waals surface area contributed by atoms with Gasteiger partial charge in [-0.15, -0.1) is 10.2 Å². The van der Waals surface area contributed by atoms with Crippen molar-refractivity contribution in [2.24, 2.45) is 5.41 Å². The largest absolute Gasteiger partial charge is 0.416 e. The summed E-state index contributed by atoms with van der Waals surface area (Å²) in [4.78, 5) is 0. The van der Waals surface area contributed by atoms with Crippen LogP contribution in [0.4, 0.5) is 0 Å². The van der Waals surface area contributed by atoms with Gasteiger partial charge in [-0.1, -0.05) is 32.5 Å². The van der Waals surface area contributed by atoms with Crippen molar-refractivity contribution in [1.82, 2.24) is 15.5 Å². The van der Waals surface area contributed by atoms with Crippen LogP contribution in [-0.4, -0.2) is 29.0 Å². The van der Waals surface area contributed by atoms with E-state index in [2.05, 4.69) is 36.3 Å². The van der Waals surface area contributed by atoms with Crippen molar-refractivity contribution < 1.29 is 4.42 Å². The lowest BCUT2D eigenvalue weighted by Gasteiger charge is -2.29. The molecule has 15 heavy (non-hydrogen) atoms. The molecular weight excluding hydrogens is 210 g/mol. The highest BCUT2D eigenvalue weighted by atomic mass is 32.2. The number of hydrogen-bond donors (Lipinski definition) is 1. The fourth-order valence-corrected chi connectivity index (χ4v) is 2.51. The summed E-state index contributed by atoms with van der Waals surface area (Å²) in [5.74, 6) is 1.55.